The second-order valence-corrected chi connectivity index (χ2v) is 4.23. The van der Waals surface area contributed by atoms with Crippen LogP contribution in [0.15, 0.2) is 42.5 Å². The number of fused-ring (bicyclic) bond motifs is 1. The first-order valence-electron chi connectivity index (χ1n) is 5.91. The van der Waals surface area contributed by atoms with Gasteiger partial charge in [-0.3, -0.25) is 0 Å². The van der Waals surface area contributed by atoms with Crippen LogP contribution in [0.5, 0.6) is 5.75 Å². The fourth-order valence-electron chi connectivity index (χ4n) is 1.95. The molecular weight excluding hydrogens is 242 g/mol. The quantitative estimate of drug-likeness (QED) is 0.780. The monoisotopic (exact) mass is 255 g/mol. The first-order valence-corrected chi connectivity index (χ1v) is 5.91. The predicted octanol–water partition coefficient (Wildman–Crippen LogP) is 2.27. The summed E-state index contributed by atoms with van der Waals surface area (Å²) in [4.78, 5) is 1.44. The topological polar surface area (TPSA) is 60.2 Å². The lowest BCUT2D eigenvalue weighted by atomic mass is 10.2. The van der Waals surface area contributed by atoms with E-state index in [0.717, 1.165) is 16.6 Å². The van der Waals surface area contributed by atoms with Gasteiger partial charge in [0.2, 0.25) is 0 Å². The van der Waals surface area contributed by atoms with Crippen molar-refractivity contribution in [2.24, 2.45) is 0 Å². The van der Waals surface area contributed by atoms with E-state index in [1.807, 2.05) is 36.4 Å². The van der Waals surface area contributed by atoms with Gasteiger partial charge < -0.3 is 9.84 Å². The zero-order valence-corrected chi connectivity index (χ0v) is 10.4. The van der Waals surface area contributed by atoms with E-state index in [4.69, 9.17) is 4.74 Å². The summed E-state index contributed by atoms with van der Waals surface area (Å²) in [5, 5.41) is 18.6. The van der Waals surface area contributed by atoms with Crippen LogP contribution in [0.1, 0.15) is 5.56 Å². The number of phenols is 1. The van der Waals surface area contributed by atoms with Crippen molar-refractivity contribution in [1.29, 1.82) is 0 Å². The number of hydrogen-bond donors (Lipinski definition) is 1. The van der Waals surface area contributed by atoms with Crippen LogP contribution in [-0.4, -0.2) is 27.2 Å². The first-order chi connectivity index (χ1) is 9.28. The third kappa shape index (κ3) is 2.15. The van der Waals surface area contributed by atoms with Crippen LogP contribution in [0.4, 0.5) is 0 Å². The number of aromatic hydroxyl groups is 1. The van der Waals surface area contributed by atoms with Crippen molar-refractivity contribution in [3.63, 3.8) is 0 Å². The van der Waals surface area contributed by atoms with E-state index in [9.17, 15) is 5.11 Å². The lowest BCUT2D eigenvalue weighted by Gasteiger charge is -2.05. The van der Waals surface area contributed by atoms with Crippen LogP contribution in [0.2, 0.25) is 0 Å². The molecule has 0 aliphatic carbocycles. The SMILES string of the molecule is COCc1ccc(O)c(-n2nc3ccccc3n2)c1. The Morgan fingerprint density at radius 1 is 1.11 bits per heavy atom. The molecule has 1 aromatic heterocycles. The van der Waals surface area contributed by atoms with Crippen molar-refractivity contribution in [3.05, 3.63) is 48.0 Å². The molecule has 5 nitrogen and oxygen atoms in total. The van der Waals surface area contributed by atoms with Gasteiger partial charge in [0.05, 0.1) is 6.61 Å². The first kappa shape index (κ1) is 11.7. The Morgan fingerprint density at radius 3 is 2.42 bits per heavy atom. The third-order valence-corrected chi connectivity index (χ3v) is 2.85. The number of aromatic nitrogens is 3. The second-order valence-electron chi connectivity index (χ2n) is 4.23. The number of hydrogen-bond acceptors (Lipinski definition) is 4. The van der Waals surface area contributed by atoms with Crippen LogP contribution in [0.25, 0.3) is 16.7 Å². The molecule has 0 saturated heterocycles. The van der Waals surface area contributed by atoms with Gasteiger partial charge in [-0.25, -0.2) is 0 Å². The van der Waals surface area contributed by atoms with E-state index in [2.05, 4.69) is 10.2 Å². The van der Waals surface area contributed by atoms with E-state index in [-0.39, 0.29) is 5.75 Å². The molecule has 0 saturated carbocycles. The van der Waals surface area contributed by atoms with Gasteiger partial charge in [0, 0.05) is 7.11 Å². The van der Waals surface area contributed by atoms with Gasteiger partial charge >= 0.3 is 0 Å². The molecule has 19 heavy (non-hydrogen) atoms. The predicted molar refractivity (Wildman–Crippen MR) is 71.2 cm³/mol. The number of methoxy groups -OCH3 is 1. The van der Waals surface area contributed by atoms with E-state index < -0.39 is 0 Å². The molecule has 0 unspecified atom stereocenters. The van der Waals surface area contributed by atoms with E-state index in [1.54, 1.807) is 13.2 Å². The van der Waals surface area contributed by atoms with E-state index >= 15 is 0 Å². The molecular formula is C14H13N3O2. The summed E-state index contributed by atoms with van der Waals surface area (Å²) >= 11 is 0. The largest absolute Gasteiger partial charge is 0.506 e. The normalized spacial score (nSPS) is 11.0. The van der Waals surface area contributed by atoms with Crippen LogP contribution >= 0.6 is 0 Å². The Bertz CT molecular complexity index is 689. The Morgan fingerprint density at radius 2 is 1.79 bits per heavy atom. The molecule has 0 amide bonds. The van der Waals surface area contributed by atoms with Crippen LogP contribution < -0.4 is 0 Å². The van der Waals surface area contributed by atoms with Crippen molar-refractivity contribution < 1.29 is 9.84 Å². The minimum absolute atomic E-state index is 0.139. The van der Waals surface area contributed by atoms with Gasteiger partial charge in [-0.1, -0.05) is 18.2 Å². The van der Waals surface area contributed by atoms with Crippen molar-refractivity contribution in [2.45, 2.75) is 6.61 Å². The van der Waals surface area contributed by atoms with Gasteiger partial charge in [-0.05, 0) is 29.8 Å². The lowest BCUT2D eigenvalue weighted by molar-refractivity contribution is 0.185. The average molecular weight is 255 g/mol. The third-order valence-electron chi connectivity index (χ3n) is 2.85. The molecule has 96 valence electrons. The standard InChI is InChI=1S/C14H13N3O2/c1-19-9-10-6-7-14(18)13(8-10)17-15-11-4-2-3-5-12(11)16-17/h2-8,18H,9H2,1H3. The Labute approximate surface area is 110 Å². The molecule has 0 aliphatic heterocycles. The highest BCUT2D eigenvalue weighted by molar-refractivity contribution is 5.73. The highest BCUT2D eigenvalue weighted by Crippen LogP contribution is 2.23. The summed E-state index contributed by atoms with van der Waals surface area (Å²) in [6.07, 6.45) is 0. The number of phenolic OH excluding ortho intramolecular Hbond substituents is 1. The Hall–Kier alpha value is -2.40. The van der Waals surface area contributed by atoms with Crippen LogP contribution in [-0.2, 0) is 11.3 Å². The van der Waals surface area contributed by atoms with Gasteiger partial charge in [0.15, 0.2) is 0 Å². The molecule has 0 radical (unpaired) electrons. The van der Waals surface area contributed by atoms with E-state index in [0.29, 0.717) is 12.3 Å². The molecule has 1 N–H and O–H groups in total. The summed E-state index contributed by atoms with van der Waals surface area (Å²) in [5.41, 5.74) is 3.08. The van der Waals surface area contributed by atoms with E-state index in [1.165, 1.54) is 4.80 Å². The zero-order valence-electron chi connectivity index (χ0n) is 10.4. The molecule has 1 heterocycles. The molecule has 3 aromatic rings. The van der Waals surface area contributed by atoms with Crippen molar-refractivity contribution in [2.75, 3.05) is 7.11 Å². The molecule has 3 rings (SSSR count). The average Bonchev–Trinajstić information content (AvgIpc) is 2.85. The fraction of sp³-hybridized carbons (Fsp3) is 0.143. The van der Waals surface area contributed by atoms with Gasteiger partial charge in [0.1, 0.15) is 22.5 Å². The Kier molecular flexibility index (Phi) is 2.89. The smallest absolute Gasteiger partial charge is 0.143 e. The summed E-state index contributed by atoms with van der Waals surface area (Å²) in [7, 11) is 1.63. The molecule has 0 bridgehead atoms. The number of rotatable bonds is 3. The maximum atomic E-state index is 9.94. The maximum absolute atomic E-state index is 9.94. The van der Waals surface area contributed by atoms with Crippen molar-refractivity contribution in [1.82, 2.24) is 15.0 Å². The summed E-state index contributed by atoms with van der Waals surface area (Å²) in [6, 6.07) is 12.8. The highest BCUT2D eigenvalue weighted by atomic mass is 16.5. The Balaban J connectivity index is 2.11. The van der Waals surface area contributed by atoms with Crippen molar-refractivity contribution in [3.8, 4) is 11.4 Å². The van der Waals surface area contributed by atoms with Gasteiger partial charge in [-0.2, -0.15) is 0 Å². The summed E-state index contributed by atoms with van der Waals surface area (Å²) < 4.78 is 5.09. The van der Waals surface area contributed by atoms with Crippen molar-refractivity contribution >= 4 is 11.0 Å². The number of ether oxygens (including phenoxy) is 1. The maximum Gasteiger partial charge on any atom is 0.143 e. The molecule has 0 atom stereocenters. The lowest BCUT2D eigenvalue weighted by Crippen LogP contribution is -2.00. The minimum Gasteiger partial charge on any atom is -0.506 e. The number of nitrogens with zero attached hydrogens (tertiary/aromatic N) is 3. The minimum atomic E-state index is 0.139. The molecule has 0 aliphatic rings. The zero-order chi connectivity index (χ0) is 13.2. The number of benzene rings is 2. The van der Waals surface area contributed by atoms with Gasteiger partial charge in [-0.15, -0.1) is 15.0 Å². The molecule has 0 fully saturated rings. The fourth-order valence-corrected chi connectivity index (χ4v) is 1.95. The molecule has 5 heteroatoms. The summed E-state index contributed by atoms with van der Waals surface area (Å²) in [6.45, 7) is 0.480. The van der Waals surface area contributed by atoms with Crippen LogP contribution in [0.3, 0.4) is 0 Å². The van der Waals surface area contributed by atoms with Gasteiger partial charge in [0.25, 0.3) is 0 Å². The second kappa shape index (κ2) is 4.70. The van der Waals surface area contributed by atoms with Crippen LogP contribution in [0, 0.1) is 0 Å². The summed E-state index contributed by atoms with van der Waals surface area (Å²) in [5.74, 6) is 0.139. The molecule has 2 aromatic carbocycles. The highest BCUT2D eigenvalue weighted by Gasteiger charge is 2.09. The molecule has 0 spiro atoms.